The van der Waals surface area contributed by atoms with Crippen LogP contribution >= 0.6 is 27.5 Å². The van der Waals surface area contributed by atoms with Crippen LogP contribution in [0.1, 0.15) is 79.0 Å². The molecule has 0 unspecified atom stereocenters. The lowest BCUT2D eigenvalue weighted by molar-refractivity contribution is 0.589. The van der Waals surface area contributed by atoms with Crippen molar-refractivity contribution in [2.24, 2.45) is 0 Å². The zero-order chi connectivity index (χ0) is 37.6. The van der Waals surface area contributed by atoms with Gasteiger partial charge in [0.2, 0.25) is 0 Å². The van der Waals surface area contributed by atoms with E-state index in [9.17, 15) is 0 Å². The van der Waals surface area contributed by atoms with Gasteiger partial charge in [0.15, 0.2) is 0 Å². The number of fused-ring (bicyclic) bond motifs is 6. The normalized spacial score (nSPS) is 12.8. The van der Waals surface area contributed by atoms with Crippen LogP contribution < -0.4 is 4.90 Å². The van der Waals surface area contributed by atoms with Gasteiger partial charge in [0.1, 0.15) is 11.2 Å². The molecule has 8 rings (SSSR count). The molecule has 8 aromatic rings. The van der Waals surface area contributed by atoms with Crippen LogP contribution in [0.4, 0.5) is 17.1 Å². The summed E-state index contributed by atoms with van der Waals surface area (Å²) in [6.07, 6.45) is 0. The summed E-state index contributed by atoms with van der Waals surface area (Å²) < 4.78 is 9.54. The van der Waals surface area contributed by atoms with E-state index < -0.39 is 0 Å². The number of aromatic nitrogens is 1. The number of benzene rings is 6. The number of nitrogens with zero attached hydrogens (tertiary/aromatic N) is 2. The quantitative estimate of drug-likeness (QED) is 0.177. The summed E-state index contributed by atoms with van der Waals surface area (Å²) in [7, 11) is 0. The molecule has 0 N–H and O–H groups in total. The van der Waals surface area contributed by atoms with E-state index in [0.29, 0.717) is 5.02 Å². The van der Waals surface area contributed by atoms with Gasteiger partial charge in [0.25, 0.3) is 0 Å². The molecule has 0 bridgehead atoms. The average molecular weight is 782 g/mol. The van der Waals surface area contributed by atoms with Crippen molar-refractivity contribution in [3.63, 3.8) is 0 Å². The summed E-state index contributed by atoms with van der Waals surface area (Å²) in [5.41, 5.74) is 11.9. The highest BCUT2D eigenvalue weighted by molar-refractivity contribution is 9.10. The molecule has 5 heteroatoms. The average Bonchev–Trinajstić information content (AvgIpc) is 3.63. The second kappa shape index (κ2) is 12.5. The lowest BCUT2D eigenvalue weighted by atomic mass is 9.86. The Kier molecular flexibility index (Phi) is 8.40. The summed E-state index contributed by atoms with van der Waals surface area (Å²) in [6, 6.07) is 42.0. The van der Waals surface area contributed by atoms with Crippen molar-refractivity contribution in [3.8, 4) is 5.69 Å². The fourth-order valence-electron chi connectivity index (χ4n) is 7.45. The van der Waals surface area contributed by atoms with Crippen LogP contribution in [0.2, 0.25) is 5.02 Å². The minimum atomic E-state index is -0.0827. The first-order valence-corrected chi connectivity index (χ1v) is 19.6. The first-order valence-electron chi connectivity index (χ1n) is 18.4. The summed E-state index contributed by atoms with van der Waals surface area (Å²) in [5.74, 6) is 0. The Morgan fingerprint density at radius 3 is 1.87 bits per heavy atom. The molecule has 0 fully saturated rings. The zero-order valence-electron chi connectivity index (χ0n) is 32.0. The Morgan fingerprint density at radius 2 is 1.17 bits per heavy atom. The summed E-state index contributed by atoms with van der Waals surface area (Å²) in [4.78, 5) is 2.31. The van der Waals surface area contributed by atoms with Gasteiger partial charge in [-0.15, -0.1) is 0 Å². The van der Waals surface area contributed by atoms with Crippen molar-refractivity contribution in [1.82, 2.24) is 4.57 Å². The van der Waals surface area contributed by atoms with E-state index in [0.717, 1.165) is 60.2 Å². The molecule has 2 aromatic heterocycles. The highest BCUT2D eigenvalue weighted by Crippen LogP contribution is 2.46. The van der Waals surface area contributed by atoms with E-state index in [1.807, 2.05) is 12.1 Å². The van der Waals surface area contributed by atoms with Crippen molar-refractivity contribution in [2.75, 3.05) is 4.90 Å². The zero-order valence-corrected chi connectivity index (χ0v) is 34.4. The van der Waals surface area contributed by atoms with Crippen molar-refractivity contribution in [1.29, 1.82) is 0 Å². The summed E-state index contributed by atoms with van der Waals surface area (Å²) in [5, 5.41) is 5.32. The molecule has 0 aliphatic heterocycles. The molecule has 0 radical (unpaired) electrons. The number of hydrogen-bond acceptors (Lipinski definition) is 2. The third kappa shape index (κ3) is 6.24. The molecule has 53 heavy (non-hydrogen) atoms. The molecule has 3 nitrogen and oxygen atoms in total. The first-order chi connectivity index (χ1) is 25.0. The Bertz CT molecular complexity index is 2700. The van der Waals surface area contributed by atoms with Crippen molar-refractivity contribution < 1.29 is 4.42 Å². The van der Waals surface area contributed by atoms with Gasteiger partial charge in [-0.05, 0) is 122 Å². The highest BCUT2D eigenvalue weighted by Gasteiger charge is 2.25. The van der Waals surface area contributed by atoms with Crippen LogP contribution in [0.5, 0.6) is 0 Å². The van der Waals surface area contributed by atoms with E-state index in [2.05, 4.69) is 191 Å². The topological polar surface area (TPSA) is 21.3 Å². The largest absolute Gasteiger partial charge is 0.456 e. The second-order valence-corrected chi connectivity index (χ2v) is 18.7. The van der Waals surface area contributed by atoms with Gasteiger partial charge in [0, 0.05) is 43.1 Å². The smallest absolute Gasteiger partial charge is 0.135 e. The minimum absolute atomic E-state index is 0.00932. The molecule has 0 saturated heterocycles. The van der Waals surface area contributed by atoms with Gasteiger partial charge >= 0.3 is 0 Å². The molecule has 0 saturated carbocycles. The fourth-order valence-corrected chi connectivity index (χ4v) is 8.10. The van der Waals surface area contributed by atoms with E-state index in [-0.39, 0.29) is 16.2 Å². The lowest BCUT2D eigenvalue weighted by Crippen LogP contribution is -2.16. The Balaban J connectivity index is 1.43. The standard InChI is InChI=1S/C48H46BrClN2O/c1-46(2,3)29-14-17-32(18-15-29)51(42-26-31(48(7,8)9)25-39(49)45(42)50)34-19-21-35-37-24-30(47(4,5)6)16-22-40(37)52(41(35)28-34)33-20-23-44-38(27-33)36-12-10-11-13-43(36)53-44/h10-28H,1-9H3. The van der Waals surface area contributed by atoms with Gasteiger partial charge in [-0.2, -0.15) is 0 Å². The molecule has 0 amide bonds. The van der Waals surface area contributed by atoms with Crippen LogP contribution in [0, 0.1) is 0 Å². The second-order valence-electron chi connectivity index (χ2n) is 17.5. The fraction of sp³-hybridized carbons (Fsp3) is 0.250. The van der Waals surface area contributed by atoms with Gasteiger partial charge in [-0.1, -0.05) is 116 Å². The number of hydrogen-bond donors (Lipinski definition) is 0. The van der Waals surface area contributed by atoms with Gasteiger partial charge in [0.05, 0.1) is 21.7 Å². The van der Waals surface area contributed by atoms with Crippen molar-refractivity contribution in [2.45, 2.75) is 78.6 Å². The van der Waals surface area contributed by atoms with Crippen molar-refractivity contribution in [3.05, 3.63) is 141 Å². The molecule has 0 spiro atoms. The molecule has 0 atom stereocenters. The minimum Gasteiger partial charge on any atom is -0.456 e. The molecule has 0 aliphatic rings. The van der Waals surface area contributed by atoms with Crippen LogP contribution in [-0.2, 0) is 16.2 Å². The third-order valence-corrected chi connectivity index (χ3v) is 11.9. The number of furan rings is 1. The van der Waals surface area contributed by atoms with E-state index in [1.165, 1.54) is 27.5 Å². The Hall–Kier alpha value is -4.51. The molecule has 268 valence electrons. The highest BCUT2D eigenvalue weighted by atomic mass is 79.9. The number of para-hydroxylation sites is 1. The van der Waals surface area contributed by atoms with Gasteiger partial charge in [-0.25, -0.2) is 0 Å². The monoisotopic (exact) mass is 780 g/mol. The molecule has 6 aromatic carbocycles. The van der Waals surface area contributed by atoms with Gasteiger partial charge in [-0.3, -0.25) is 0 Å². The molecular weight excluding hydrogens is 736 g/mol. The maximum atomic E-state index is 7.27. The Morgan fingerprint density at radius 1 is 0.528 bits per heavy atom. The third-order valence-electron chi connectivity index (χ3n) is 10.6. The van der Waals surface area contributed by atoms with Crippen LogP contribution in [-0.4, -0.2) is 4.57 Å². The SMILES string of the molecule is CC(C)(C)c1ccc(N(c2ccc3c4cc(C(C)(C)C)ccc4n(-c4ccc5oc6ccccc6c5c4)c3c2)c2cc(C(C)(C)C)cc(Br)c2Cl)cc1. The first kappa shape index (κ1) is 35.5. The van der Waals surface area contributed by atoms with E-state index in [4.69, 9.17) is 16.0 Å². The van der Waals surface area contributed by atoms with Crippen LogP contribution in [0.25, 0.3) is 49.4 Å². The molecule has 2 heterocycles. The maximum absolute atomic E-state index is 7.27. The van der Waals surface area contributed by atoms with Crippen molar-refractivity contribution >= 4 is 88.3 Å². The predicted octanol–water partition coefficient (Wildman–Crippen LogP) is 15.5. The number of halogens is 2. The number of rotatable bonds is 4. The lowest BCUT2D eigenvalue weighted by Gasteiger charge is -2.30. The molecule has 0 aliphatic carbocycles. The van der Waals surface area contributed by atoms with E-state index in [1.54, 1.807) is 0 Å². The number of anilines is 3. The van der Waals surface area contributed by atoms with Crippen LogP contribution in [0.3, 0.4) is 0 Å². The molecular formula is C48H46BrClN2O. The predicted molar refractivity (Wildman–Crippen MR) is 232 cm³/mol. The summed E-state index contributed by atoms with van der Waals surface area (Å²) in [6.45, 7) is 20.3. The summed E-state index contributed by atoms with van der Waals surface area (Å²) >= 11 is 11.1. The maximum Gasteiger partial charge on any atom is 0.135 e. The van der Waals surface area contributed by atoms with Gasteiger partial charge < -0.3 is 13.9 Å². The Labute approximate surface area is 326 Å². The van der Waals surface area contributed by atoms with Crippen LogP contribution in [0.15, 0.2) is 124 Å². The van der Waals surface area contributed by atoms with E-state index >= 15 is 0 Å².